The first kappa shape index (κ1) is 16.9. The van der Waals surface area contributed by atoms with Crippen molar-refractivity contribution in [1.29, 1.82) is 0 Å². The molecule has 1 aliphatic carbocycles. The van der Waals surface area contributed by atoms with Crippen molar-refractivity contribution < 1.29 is 13.7 Å². The Morgan fingerprint density at radius 1 is 1.19 bits per heavy atom. The summed E-state index contributed by atoms with van der Waals surface area (Å²) in [6, 6.07) is 9.81. The van der Waals surface area contributed by atoms with Crippen LogP contribution < -0.4 is 5.32 Å². The minimum Gasteiger partial charge on any atom is -0.351 e. The van der Waals surface area contributed by atoms with Crippen LogP contribution in [-0.4, -0.2) is 16.0 Å². The quantitative estimate of drug-likeness (QED) is 0.721. The highest BCUT2D eigenvalue weighted by molar-refractivity contribution is 7.15. The van der Waals surface area contributed by atoms with Crippen LogP contribution in [0.2, 0.25) is 0 Å². The van der Waals surface area contributed by atoms with Crippen molar-refractivity contribution in [2.24, 2.45) is 5.92 Å². The van der Waals surface area contributed by atoms with Gasteiger partial charge in [0.2, 0.25) is 11.7 Å². The Hall–Kier alpha value is -2.54. The van der Waals surface area contributed by atoms with Crippen LogP contribution in [0.25, 0.3) is 22.2 Å². The summed E-state index contributed by atoms with van der Waals surface area (Å²) in [7, 11) is 0. The molecule has 0 spiro atoms. The second-order valence-corrected chi connectivity index (χ2v) is 7.56. The molecular weight excluding hydrogens is 353 g/mol. The molecule has 4 rings (SSSR count). The normalized spacial score (nSPS) is 14.7. The van der Waals surface area contributed by atoms with Gasteiger partial charge >= 0.3 is 0 Å². The summed E-state index contributed by atoms with van der Waals surface area (Å²) < 4.78 is 18.3. The third-order valence-electron chi connectivity index (χ3n) is 4.56. The van der Waals surface area contributed by atoms with Crippen LogP contribution >= 0.6 is 11.3 Å². The Balaban J connectivity index is 1.41. The van der Waals surface area contributed by atoms with Gasteiger partial charge in [0.1, 0.15) is 5.82 Å². The number of carbonyl (C=O) groups excluding carboxylic acids is 1. The summed E-state index contributed by atoms with van der Waals surface area (Å²) in [6.07, 6.45) is 4.29. The third kappa shape index (κ3) is 3.67. The summed E-state index contributed by atoms with van der Waals surface area (Å²) in [5.41, 5.74) is 0.696. The zero-order valence-corrected chi connectivity index (χ0v) is 14.9. The molecule has 0 saturated heterocycles. The van der Waals surface area contributed by atoms with Gasteiger partial charge in [-0.15, -0.1) is 11.3 Å². The second-order valence-electron chi connectivity index (χ2n) is 6.40. The van der Waals surface area contributed by atoms with Crippen LogP contribution in [-0.2, 0) is 11.3 Å². The minimum absolute atomic E-state index is 0.147. The Kier molecular flexibility index (Phi) is 4.79. The Bertz CT molecular complexity index is 898. The van der Waals surface area contributed by atoms with Crippen molar-refractivity contribution in [2.45, 2.75) is 32.2 Å². The van der Waals surface area contributed by atoms with E-state index in [0.717, 1.165) is 35.4 Å². The third-order valence-corrected chi connectivity index (χ3v) is 5.64. The number of hydrogen-bond acceptors (Lipinski definition) is 5. The van der Waals surface area contributed by atoms with Crippen molar-refractivity contribution in [1.82, 2.24) is 15.5 Å². The van der Waals surface area contributed by atoms with E-state index in [9.17, 15) is 9.18 Å². The lowest BCUT2D eigenvalue weighted by molar-refractivity contribution is -0.124. The lowest BCUT2D eigenvalue weighted by Gasteiger charge is -2.08. The predicted molar refractivity (Wildman–Crippen MR) is 96.8 cm³/mol. The standard InChI is InChI=1S/C19H18FN3O2S/c20-14-7-5-12(6-8-14)17-22-19(25-23-17)16-10-9-15(26-16)11-21-18(24)13-3-1-2-4-13/h5-10,13H,1-4,11H2,(H,21,24). The molecule has 1 saturated carbocycles. The van der Waals surface area contributed by atoms with E-state index in [1.54, 1.807) is 12.1 Å². The fourth-order valence-corrected chi connectivity index (χ4v) is 4.00. The number of nitrogens with zero attached hydrogens (tertiary/aromatic N) is 2. The van der Waals surface area contributed by atoms with Gasteiger partial charge in [0.15, 0.2) is 0 Å². The van der Waals surface area contributed by atoms with E-state index in [2.05, 4.69) is 15.5 Å². The number of carbonyl (C=O) groups is 1. The SMILES string of the molecule is O=C(NCc1ccc(-c2nc(-c3ccc(F)cc3)no2)s1)C1CCCC1. The maximum atomic E-state index is 13.0. The molecular formula is C19H18FN3O2S. The fraction of sp³-hybridized carbons (Fsp3) is 0.316. The molecule has 134 valence electrons. The van der Waals surface area contributed by atoms with E-state index in [-0.39, 0.29) is 17.6 Å². The molecule has 0 aliphatic heterocycles. The average Bonchev–Trinajstić information content (AvgIpc) is 3.41. The Morgan fingerprint density at radius 2 is 1.96 bits per heavy atom. The second kappa shape index (κ2) is 7.37. The molecule has 3 aromatic rings. The highest BCUT2D eigenvalue weighted by atomic mass is 32.1. The van der Waals surface area contributed by atoms with Gasteiger partial charge in [-0.2, -0.15) is 4.98 Å². The fourth-order valence-electron chi connectivity index (χ4n) is 3.13. The molecule has 0 unspecified atom stereocenters. The Morgan fingerprint density at radius 3 is 2.73 bits per heavy atom. The minimum atomic E-state index is -0.306. The van der Waals surface area contributed by atoms with Gasteiger partial charge in [0, 0.05) is 16.4 Å². The van der Waals surface area contributed by atoms with Crippen LogP contribution in [0.5, 0.6) is 0 Å². The van der Waals surface area contributed by atoms with Crippen molar-refractivity contribution in [2.75, 3.05) is 0 Å². The van der Waals surface area contributed by atoms with E-state index >= 15 is 0 Å². The topological polar surface area (TPSA) is 68.0 Å². The lowest BCUT2D eigenvalue weighted by atomic mass is 10.1. The summed E-state index contributed by atoms with van der Waals surface area (Å²) in [5, 5.41) is 6.97. The number of nitrogens with one attached hydrogen (secondary N) is 1. The summed E-state index contributed by atoms with van der Waals surface area (Å²) in [6.45, 7) is 0.513. The molecule has 0 bridgehead atoms. The monoisotopic (exact) mass is 371 g/mol. The van der Waals surface area contributed by atoms with E-state index in [0.29, 0.717) is 23.8 Å². The molecule has 1 aromatic carbocycles. The predicted octanol–water partition coefficient (Wildman–Crippen LogP) is 4.41. The van der Waals surface area contributed by atoms with Crippen molar-refractivity contribution in [3.63, 3.8) is 0 Å². The first-order chi connectivity index (χ1) is 12.7. The first-order valence-corrected chi connectivity index (χ1v) is 9.47. The van der Waals surface area contributed by atoms with Crippen molar-refractivity contribution in [3.8, 4) is 22.2 Å². The first-order valence-electron chi connectivity index (χ1n) is 8.65. The van der Waals surface area contributed by atoms with Gasteiger partial charge in [-0.25, -0.2) is 4.39 Å². The Labute approximate surface area is 154 Å². The van der Waals surface area contributed by atoms with Crippen LogP contribution in [0, 0.1) is 11.7 Å². The summed E-state index contributed by atoms with van der Waals surface area (Å²) in [5.74, 6) is 0.852. The number of hydrogen-bond donors (Lipinski definition) is 1. The van der Waals surface area contributed by atoms with Gasteiger partial charge in [-0.05, 0) is 49.2 Å². The average molecular weight is 371 g/mol. The molecule has 0 atom stereocenters. The van der Waals surface area contributed by atoms with Gasteiger partial charge in [0.05, 0.1) is 11.4 Å². The zero-order valence-electron chi connectivity index (χ0n) is 14.1. The number of benzene rings is 1. The van der Waals surface area contributed by atoms with Crippen molar-refractivity contribution in [3.05, 3.63) is 47.1 Å². The molecule has 2 aromatic heterocycles. The number of rotatable bonds is 5. The maximum absolute atomic E-state index is 13.0. The smallest absolute Gasteiger partial charge is 0.268 e. The van der Waals surface area contributed by atoms with Crippen LogP contribution in [0.15, 0.2) is 40.9 Å². The highest BCUT2D eigenvalue weighted by Crippen LogP contribution is 2.29. The maximum Gasteiger partial charge on any atom is 0.268 e. The van der Waals surface area contributed by atoms with Gasteiger partial charge in [-0.3, -0.25) is 4.79 Å². The number of amides is 1. The molecule has 5 nitrogen and oxygen atoms in total. The van der Waals surface area contributed by atoms with Gasteiger partial charge in [-0.1, -0.05) is 18.0 Å². The van der Waals surface area contributed by atoms with Crippen molar-refractivity contribution >= 4 is 17.2 Å². The largest absolute Gasteiger partial charge is 0.351 e. The molecule has 1 N–H and O–H groups in total. The summed E-state index contributed by atoms with van der Waals surface area (Å²) in [4.78, 5) is 18.4. The molecule has 1 aliphatic rings. The number of aromatic nitrogens is 2. The van der Waals surface area contributed by atoms with E-state index in [4.69, 9.17) is 4.52 Å². The summed E-state index contributed by atoms with van der Waals surface area (Å²) >= 11 is 1.51. The molecule has 0 radical (unpaired) electrons. The molecule has 26 heavy (non-hydrogen) atoms. The van der Waals surface area contributed by atoms with Gasteiger partial charge < -0.3 is 9.84 Å². The van der Waals surface area contributed by atoms with Gasteiger partial charge in [0.25, 0.3) is 5.89 Å². The van der Waals surface area contributed by atoms with E-state index in [1.807, 2.05) is 12.1 Å². The lowest BCUT2D eigenvalue weighted by Crippen LogP contribution is -2.28. The highest BCUT2D eigenvalue weighted by Gasteiger charge is 2.22. The van der Waals surface area contributed by atoms with E-state index in [1.165, 1.54) is 23.5 Å². The molecule has 2 heterocycles. The zero-order chi connectivity index (χ0) is 17.9. The molecule has 7 heteroatoms. The number of thiophene rings is 1. The van der Waals surface area contributed by atoms with Crippen LogP contribution in [0.3, 0.4) is 0 Å². The van der Waals surface area contributed by atoms with Crippen LogP contribution in [0.1, 0.15) is 30.6 Å². The molecule has 1 amide bonds. The number of halogens is 1. The molecule has 1 fully saturated rings. The van der Waals surface area contributed by atoms with Crippen LogP contribution in [0.4, 0.5) is 4.39 Å². The van der Waals surface area contributed by atoms with E-state index < -0.39 is 0 Å².